The zero-order valence-electron chi connectivity index (χ0n) is 9.66. The van der Waals surface area contributed by atoms with Gasteiger partial charge in [-0.25, -0.2) is 4.39 Å². The van der Waals surface area contributed by atoms with Crippen LogP contribution in [0.4, 0.5) is 10.1 Å². The molecule has 4 nitrogen and oxygen atoms in total. The summed E-state index contributed by atoms with van der Waals surface area (Å²) in [4.78, 5) is 22.4. The maximum atomic E-state index is 12.8. The molecule has 0 aromatic heterocycles. The van der Waals surface area contributed by atoms with Gasteiger partial charge in [0.1, 0.15) is 5.82 Å². The number of anilines is 1. The van der Waals surface area contributed by atoms with Crippen molar-refractivity contribution in [3.63, 3.8) is 0 Å². The van der Waals surface area contributed by atoms with Crippen molar-refractivity contribution in [3.8, 4) is 0 Å². The van der Waals surface area contributed by atoms with E-state index < -0.39 is 23.1 Å². The van der Waals surface area contributed by atoms with Gasteiger partial charge in [-0.3, -0.25) is 9.59 Å². The van der Waals surface area contributed by atoms with Crippen molar-refractivity contribution in [3.05, 3.63) is 30.1 Å². The summed E-state index contributed by atoms with van der Waals surface area (Å²) in [6.45, 7) is 2.92. The Morgan fingerprint density at radius 3 is 2.59 bits per heavy atom. The minimum absolute atomic E-state index is 0.168. The molecule has 0 atom stereocenters. The largest absolute Gasteiger partial charge is 0.481 e. The van der Waals surface area contributed by atoms with Crippen molar-refractivity contribution < 1.29 is 19.1 Å². The molecule has 0 aliphatic heterocycles. The SMILES string of the molecule is CC(C)(CC(=O)Nc1cccc(F)c1)C(=O)O. The van der Waals surface area contributed by atoms with Gasteiger partial charge in [0.05, 0.1) is 5.41 Å². The maximum absolute atomic E-state index is 12.8. The van der Waals surface area contributed by atoms with Gasteiger partial charge in [0.15, 0.2) is 0 Å². The van der Waals surface area contributed by atoms with Gasteiger partial charge in [-0.2, -0.15) is 0 Å². The van der Waals surface area contributed by atoms with E-state index >= 15 is 0 Å². The lowest BCUT2D eigenvalue weighted by Gasteiger charge is -2.18. The van der Waals surface area contributed by atoms with Crippen LogP contribution >= 0.6 is 0 Å². The van der Waals surface area contributed by atoms with Crippen molar-refractivity contribution in [1.82, 2.24) is 0 Å². The third kappa shape index (κ3) is 3.86. The van der Waals surface area contributed by atoms with Crippen LogP contribution in [0.2, 0.25) is 0 Å². The zero-order chi connectivity index (χ0) is 13.1. The van der Waals surface area contributed by atoms with Gasteiger partial charge in [-0.15, -0.1) is 0 Å². The molecule has 0 unspecified atom stereocenters. The van der Waals surface area contributed by atoms with Crippen LogP contribution in [0.3, 0.4) is 0 Å². The van der Waals surface area contributed by atoms with Crippen LogP contribution in [0, 0.1) is 11.2 Å². The van der Waals surface area contributed by atoms with Gasteiger partial charge in [-0.05, 0) is 32.0 Å². The molecule has 0 spiro atoms. The van der Waals surface area contributed by atoms with E-state index in [1.54, 1.807) is 0 Å². The zero-order valence-corrected chi connectivity index (χ0v) is 9.66. The smallest absolute Gasteiger partial charge is 0.309 e. The van der Waals surface area contributed by atoms with Crippen LogP contribution in [0.1, 0.15) is 20.3 Å². The Morgan fingerprint density at radius 2 is 2.06 bits per heavy atom. The highest BCUT2D eigenvalue weighted by atomic mass is 19.1. The second kappa shape index (κ2) is 4.95. The predicted octanol–water partition coefficient (Wildman–Crippen LogP) is 2.27. The standard InChI is InChI=1S/C12H14FNO3/c1-12(2,11(16)17)7-10(15)14-9-5-3-4-8(13)6-9/h3-6H,7H2,1-2H3,(H,14,15)(H,16,17). The Kier molecular flexibility index (Phi) is 3.83. The number of carboxylic acid groups (broad SMARTS) is 1. The van der Waals surface area contributed by atoms with Crippen LogP contribution in [0.5, 0.6) is 0 Å². The summed E-state index contributed by atoms with van der Waals surface area (Å²) in [6.07, 6.45) is -0.168. The summed E-state index contributed by atoms with van der Waals surface area (Å²) in [5.41, 5.74) is -0.826. The number of carbonyl (C=O) groups is 2. The second-order valence-electron chi connectivity index (χ2n) is 4.42. The fourth-order valence-corrected chi connectivity index (χ4v) is 1.25. The molecule has 0 fully saturated rings. The average Bonchev–Trinajstić information content (AvgIpc) is 2.15. The third-order valence-corrected chi connectivity index (χ3v) is 2.29. The molecule has 1 aromatic carbocycles. The van der Waals surface area contributed by atoms with E-state index in [4.69, 9.17) is 5.11 Å². The van der Waals surface area contributed by atoms with Crippen LogP contribution in [0.15, 0.2) is 24.3 Å². The number of rotatable bonds is 4. The number of hydrogen-bond acceptors (Lipinski definition) is 2. The molecule has 0 saturated carbocycles. The van der Waals surface area contributed by atoms with Crippen LogP contribution in [0.25, 0.3) is 0 Å². The molecule has 1 amide bonds. The minimum atomic E-state index is -1.14. The van der Waals surface area contributed by atoms with Crippen molar-refractivity contribution in [2.75, 3.05) is 5.32 Å². The Labute approximate surface area is 98.5 Å². The molecule has 0 bridgehead atoms. The number of halogens is 1. The lowest BCUT2D eigenvalue weighted by molar-refractivity contribution is -0.148. The first kappa shape index (κ1) is 13.2. The van der Waals surface area contributed by atoms with E-state index in [1.807, 2.05) is 0 Å². The molecule has 0 radical (unpaired) electrons. The Bertz CT molecular complexity index is 443. The Balaban J connectivity index is 2.65. The van der Waals surface area contributed by atoms with Gasteiger partial charge in [0.25, 0.3) is 0 Å². The first-order valence-corrected chi connectivity index (χ1v) is 5.10. The van der Waals surface area contributed by atoms with Gasteiger partial charge in [-0.1, -0.05) is 6.07 Å². The van der Waals surface area contributed by atoms with Crippen LogP contribution in [-0.2, 0) is 9.59 Å². The molecule has 0 saturated heterocycles. The quantitative estimate of drug-likeness (QED) is 0.846. The van der Waals surface area contributed by atoms with Crippen molar-refractivity contribution in [2.45, 2.75) is 20.3 Å². The van der Waals surface area contributed by atoms with E-state index in [0.717, 1.165) is 0 Å². The summed E-state index contributed by atoms with van der Waals surface area (Å²) in [7, 11) is 0. The van der Waals surface area contributed by atoms with Crippen molar-refractivity contribution in [2.24, 2.45) is 5.41 Å². The molecular formula is C12H14FNO3. The fourth-order valence-electron chi connectivity index (χ4n) is 1.25. The van der Waals surface area contributed by atoms with E-state index in [0.29, 0.717) is 5.69 Å². The summed E-state index contributed by atoms with van der Waals surface area (Å²) >= 11 is 0. The predicted molar refractivity (Wildman–Crippen MR) is 61.1 cm³/mol. The number of aliphatic carboxylic acids is 1. The maximum Gasteiger partial charge on any atom is 0.309 e. The highest BCUT2D eigenvalue weighted by Crippen LogP contribution is 2.21. The monoisotopic (exact) mass is 239 g/mol. The Morgan fingerprint density at radius 1 is 1.41 bits per heavy atom. The molecule has 1 aromatic rings. The normalized spacial score (nSPS) is 11.0. The summed E-state index contributed by atoms with van der Waals surface area (Å²) < 4.78 is 12.8. The topological polar surface area (TPSA) is 66.4 Å². The van der Waals surface area contributed by atoms with Gasteiger partial charge in [0.2, 0.25) is 5.91 Å². The second-order valence-corrected chi connectivity index (χ2v) is 4.42. The van der Waals surface area contributed by atoms with Gasteiger partial charge < -0.3 is 10.4 Å². The van der Waals surface area contributed by atoms with E-state index in [-0.39, 0.29) is 6.42 Å². The number of hydrogen-bond donors (Lipinski definition) is 2. The molecule has 0 aliphatic rings. The number of amides is 1. The molecule has 17 heavy (non-hydrogen) atoms. The Hall–Kier alpha value is -1.91. The number of carboxylic acids is 1. The van der Waals surface area contributed by atoms with Gasteiger partial charge >= 0.3 is 5.97 Å². The van der Waals surface area contributed by atoms with Crippen LogP contribution in [-0.4, -0.2) is 17.0 Å². The molecule has 0 aliphatic carbocycles. The fraction of sp³-hybridized carbons (Fsp3) is 0.333. The molecular weight excluding hydrogens is 225 g/mol. The number of nitrogens with one attached hydrogen (secondary N) is 1. The molecule has 1 rings (SSSR count). The minimum Gasteiger partial charge on any atom is -0.481 e. The lowest BCUT2D eigenvalue weighted by atomic mass is 9.89. The van der Waals surface area contributed by atoms with E-state index in [1.165, 1.54) is 38.1 Å². The summed E-state index contributed by atoms with van der Waals surface area (Å²) in [5, 5.41) is 11.3. The molecule has 2 N–H and O–H groups in total. The summed E-state index contributed by atoms with van der Waals surface area (Å²) in [5.74, 6) is -1.96. The number of benzene rings is 1. The lowest BCUT2D eigenvalue weighted by Crippen LogP contribution is -2.29. The highest BCUT2D eigenvalue weighted by Gasteiger charge is 2.30. The first-order valence-electron chi connectivity index (χ1n) is 5.10. The van der Waals surface area contributed by atoms with Crippen molar-refractivity contribution >= 4 is 17.6 Å². The van der Waals surface area contributed by atoms with E-state index in [2.05, 4.69) is 5.32 Å². The van der Waals surface area contributed by atoms with Gasteiger partial charge in [0, 0.05) is 12.1 Å². The number of carbonyl (C=O) groups excluding carboxylic acids is 1. The van der Waals surface area contributed by atoms with E-state index in [9.17, 15) is 14.0 Å². The highest BCUT2D eigenvalue weighted by molar-refractivity contribution is 5.93. The molecule has 0 heterocycles. The average molecular weight is 239 g/mol. The molecule has 92 valence electrons. The van der Waals surface area contributed by atoms with Crippen molar-refractivity contribution in [1.29, 1.82) is 0 Å². The van der Waals surface area contributed by atoms with Crippen LogP contribution < -0.4 is 5.32 Å². The molecule has 5 heteroatoms. The first-order chi connectivity index (χ1) is 7.81. The third-order valence-electron chi connectivity index (χ3n) is 2.29. The summed E-state index contributed by atoms with van der Waals surface area (Å²) in [6, 6.07) is 5.44.